The number of benzene rings is 2. The summed E-state index contributed by atoms with van der Waals surface area (Å²) in [6.45, 7) is -0.257. The van der Waals surface area contributed by atoms with Gasteiger partial charge >= 0.3 is 5.97 Å². The maximum absolute atomic E-state index is 13.2. The number of ether oxygens (including phenoxy) is 2. The Kier molecular flexibility index (Phi) is 7.09. The van der Waals surface area contributed by atoms with Gasteiger partial charge < -0.3 is 19.7 Å². The first-order valence-electron chi connectivity index (χ1n) is 9.25. The Balaban J connectivity index is 1.83. The van der Waals surface area contributed by atoms with Gasteiger partial charge in [0.05, 0.1) is 26.3 Å². The summed E-state index contributed by atoms with van der Waals surface area (Å²) in [6.07, 6.45) is -0.203. The maximum Gasteiger partial charge on any atom is 0.325 e. The van der Waals surface area contributed by atoms with Crippen LogP contribution < -0.4 is 15.0 Å². The molecule has 1 N–H and O–H groups in total. The summed E-state index contributed by atoms with van der Waals surface area (Å²) >= 11 is 11.3. The molecule has 2 aromatic carbocycles. The molecule has 1 atom stereocenters. The normalized spacial score (nSPS) is 15.8. The molecule has 0 aliphatic carbocycles. The predicted molar refractivity (Wildman–Crippen MR) is 120 cm³/mol. The second kappa shape index (κ2) is 9.76. The van der Waals surface area contributed by atoms with Gasteiger partial charge in [0.2, 0.25) is 5.91 Å². The minimum absolute atomic E-state index is 0.116. The molecule has 10 heteroatoms. The van der Waals surface area contributed by atoms with Crippen LogP contribution in [0.4, 0.5) is 11.4 Å². The lowest BCUT2D eigenvalue weighted by Gasteiger charge is -2.22. The molecule has 8 nitrogen and oxygen atoms in total. The molecule has 2 aromatic rings. The van der Waals surface area contributed by atoms with Crippen molar-refractivity contribution in [3.05, 3.63) is 53.6 Å². The first-order chi connectivity index (χ1) is 14.8. The topological polar surface area (TPSA) is 88.2 Å². The van der Waals surface area contributed by atoms with Crippen LogP contribution in [0.2, 0.25) is 5.02 Å². The van der Waals surface area contributed by atoms with Gasteiger partial charge in [-0.25, -0.2) is 0 Å². The molecular formula is C21H20ClN3O5S. The van der Waals surface area contributed by atoms with Crippen molar-refractivity contribution in [2.75, 3.05) is 31.0 Å². The van der Waals surface area contributed by atoms with Gasteiger partial charge in [-0.2, -0.15) is 0 Å². The Labute approximate surface area is 189 Å². The van der Waals surface area contributed by atoms with Crippen LogP contribution in [0.3, 0.4) is 0 Å². The van der Waals surface area contributed by atoms with E-state index in [2.05, 4.69) is 5.32 Å². The molecule has 2 amide bonds. The lowest BCUT2D eigenvalue weighted by atomic mass is 10.1. The standard InChI is InChI=1S/C21H20ClN3O5S/c1-29-16-9-7-15(8-10-16)25-20(28)17(24(21(25)31)12-19(27)30-2)11-18(26)23-14-5-3-13(22)4-6-14/h3-10,17H,11-12H2,1-2H3,(H,23,26)/t17-/m1/s1. The maximum atomic E-state index is 13.2. The Bertz CT molecular complexity index is 997. The fourth-order valence-electron chi connectivity index (χ4n) is 3.11. The quantitative estimate of drug-likeness (QED) is 0.501. The molecule has 1 aliphatic rings. The van der Waals surface area contributed by atoms with E-state index < -0.39 is 23.8 Å². The van der Waals surface area contributed by atoms with Gasteiger partial charge in [0.25, 0.3) is 5.91 Å². The molecule has 0 unspecified atom stereocenters. The first-order valence-corrected chi connectivity index (χ1v) is 10.0. The number of hydrogen-bond acceptors (Lipinski definition) is 6. The van der Waals surface area contributed by atoms with Gasteiger partial charge in [0.15, 0.2) is 5.11 Å². The SMILES string of the molecule is COC(=O)CN1C(=S)N(c2ccc(OC)cc2)C(=O)[C@H]1CC(=O)Nc1ccc(Cl)cc1. The first kappa shape index (κ1) is 22.5. The summed E-state index contributed by atoms with van der Waals surface area (Å²) in [5.74, 6) is -0.776. The Morgan fingerprint density at radius 3 is 2.32 bits per heavy atom. The number of esters is 1. The van der Waals surface area contributed by atoms with Crippen molar-refractivity contribution >= 4 is 58.1 Å². The summed E-state index contributed by atoms with van der Waals surface area (Å²) in [5.41, 5.74) is 1.04. The average Bonchev–Trinajstić information content (AvgIpc) is 2.99. The Morgan fingerprint density at radius 1 is 1.10 bits per heavy atom. The molecule has 1 fully saturated rings. The van der Waals surface area contributed by atoms with Crippen LogP contribution in [-0.2, 0) is 19.1 Å². The van der Waals surface area contributed by atoms with Crippen molar-refractivity contribution in [2.24, 2.45) is 0 Å². The number of rotatable bonds is 7. The number of anilines is 2. The number of nitrogens with zero attached hydrogens (tertiary/aromatic N) is 2. The number of halogens is 1. The fraction of sp³-hybridized carbons (Fsp3) is 0.238. The van der Waals surface area contributed by atoms with E-state index >= 15 is 0 Å². The van der Waals surface area contributed by atoms with E-state index in [0.29, 0.717) is 22.1 Å². The Morgan fingerprint density at radius 2 is 1.74 bits per heavy atom. The number of methoxy groups -OCH3 is 2. The minimum Gasteiger partial charge on any atom is -0.497 e. The second-order valence-electron chi connectivity index (χ2n) is 6.63. The van der Waals surface area contributed by atoms with Gasteiger partial charge in [-0.1, -0.05) is 11.6 Å². The van der Waals surface area contributed by atoms with E-state index in [4.69, 9.17) is 33.3 Å². The molecule has 0 saturated carbocycles. The molecule has 0 radical (unpaired) electrons. The van der Waals surface area contributed by atoms with Crippen molar-refractivity contribution in [3.8, 4) is 5.75 Å². The number of thiocarbonyl (C=S) groups is 1. The molecule has 1 aliphatic heterocycles. The monoisotopic (exact) mass is 461 g/mol. The van der Waals surface area contributed by atoms with Gasteiger partial charge in [0, 0.05) is 10.7 Å². The van der Waals surface area contributed by atoms with Gasteiger partial charge in [-0.3, -0.25) is 19.3 Å². The lowest BCUT2D eigenvalue weighted by Crippen LogP contribution is -2.41. The minimum atomic E-state index is -0.957. The summed E-state index contributed by atoms with van der Waals surface area (Å²) in [5, 5.41) is 3.37. The third-order valence-electron chi connectivity index (χ3n) is 4.68. The summed E-state index contributed by atoms with van der Waals surface area (Å²) in [6, 6.07) is 12.4. The summed E-state index contributed by atoms with van der Waals surface area (Å²) in [4.78, 5) is 40.4. The average molecular weight is 462 g/mol. The Hall–Kier alpha value is -3.17. The molecule has 0 bridgehead atoms. The number of carbonyl (C=O) groups excluding carboxylic acids is 3. The molecule has 31 heavy (non-hydrogen) atoms. The fourth-order valence-corrected chi connectivity index (χ4v) is 3.62. The van der Waals surface area contributed by atoms with Gasteiger partial charge in [-0.15, -0.1) is 0 Å². The highest BCUT2D eigenvalue weighted by Gasteiger charge is 2.45. The predicted octanol–water partition coefficient (Wildman–Crippen LogP) is 2.85. The van der Waals surface area contributed by atoms with Crippen LogP contribution in [0.5, 0.6) is 5.75 Å². The van der Waals surface area contributed by atoms with Crippen LogP contribution in [0.15, 0.2) is 48.5 Å². The van der Waals surface area contributed by atoms with Gasteiger partial charge in [-0.05, 0) is 60.7 Å². The van der Waals surface area contributed by atoms with Crippen LogP contribution in [0, 0.1) is 0 Å². The number of amides is 2. The van der Waals surface area contributed by atoms with Crippen molar-refractivity contribution in [1.82, 2.24) is 4.90 Å². The molecule has 162 valence electrons. The van der Waals surface area contributed by atoms with Crippen molar-refractivity contribution in [2.45, 2.75) is 12.5 Å². The second-order valence-corrected chi connectivity index (χ2v) is 7.43. The molecule has 0 spiro atoms. The van der Waals surface area contributed by atoms with Crippen LogP contribution in [-0.4, -0.2) is 54.6 Å². The summed E-state index contributed by atoms with van der Waals surface area (Å²) < 4.78 is 9.87. The van der Waals surface area contributed by atoms with Crippen LogP contribution in [0.25, 0.3) is 0 Å². The smallest absolute Gasteiger partial charge is 0.325 e. The third kappa shape index (κ3) is 5.12. The summed E-state index contributed by atoms with van der Waals surface area (Å²) in [7, 11) is 2.78. The highest BCUT2D eigenvalue weighted by Crippen LogP contribution is 2.29. The molecule has 0 aromatic heterocycles. The third-order valence-corrected chi connectivity index (χ3v) is 5.35. The molecular weight excluding hydrogens is 442 g/mol. The molecule has 1 heterocycles. The number of hydrogen-bond donors (Lipinski definition) is 1. The zero-order valence-electron chi connectivity index (χ0n) is 16.8. The largest absolute Gasteiger partial charge is 0.497 e. The van der Waals surface area contributed by atoms with Gasteiger partial charge in [0.1, 0.15) is 18.3 Å². The number of carbonyl (C=O) groups is 3. The zero-order chi connectivity index (χ0) is 22.5. The van der Waals surface area contributed by atoms with E-state index in [1.807, 2.05) is 0 Å². The van der Waals surface area contributed by atoms with Crippen LogP contribution >= 0.6 is 23.8 Å². The van der Waals surface area contributed by atoms with E-state index in [1.165, 1.54) is 24.0 Å². The van der Waals surface area contributed by atoms with E-state index in [0.717, 1.165) is 0 Å². The van der Waals surface area contributed by atoms with Crippen molar-refractivity contribution in [1.29, 1.82) is 0 Å². The van der Waals surface area contributed by atoms with Crippen LogP contribution in [0.1, 0.15) is 6.42 Å². The highest BCUT2D eigenvalue weighted by molar-refractivity contribution is 7.80. The lowest BCUT2D eigenvalue weighted by molar-refractivity contribution is -0.141. The number of nitrogens with one attached hydrogen (secondary N) is 1. The molecule has 3 rings (SSSR count). The van der Waals surface area contributed by atoms with E-state index in [9.17, 15) is 14.4 Å². The highest BCUT2D eigenvalue weighted by atomic mass is 35.5. The van der Waals surface area contributed by atoms with Crippen molar-refractivity contribution in [3.63, 3.8) is 0 Å². The molecule has 1 saturated heterocycles. The van der Waals surface area contributed by atoms with E-state index in [1.54, 1.807) is 48.5 Å². The zero-order valence-corrected chi connectivity index (χ0v) is 18.4. The van der Waals surface area contributed by atoms with E-state index in [-0.39, 0.29) is 18.1 Å². The van der Waals surface area contributed by atoms with Crippen molar-refractivity contribution < 1.29 is 23.9 Å².